The van der Waals surface area contributed by atoms with Crippen LogP contribution in [-0.2, 0) is 6.54 Å². The van der Waals surface area contributed by atoms with Gasteiger partial charge in [-0.05, 0) is 6.07 Å². The zero-order valence-corrected chi connectivity index (χ0v) is 10.9. The fourth-order valence-corrected chi connectivity index (χ4v) is 3.28. The van der Waals surface area contributed by atoms with Crippen LogP contribution in [0.5, 0.6) is 0 Å². The summed E-state index contributed by atoms with van der Waals surface area (Å²) < 4.78 is 2.07. The molecule has 3 heterocycles. The van der Waals surface area contributed by atoms with Crippen molar-refractivity contribution >= 4 is 27.2 Å². The van der Waals surface area contributed by atoms with E-state index in [0.29, 0.717) is 6.54 Å². The monoisotopic (exact) mass is 268 g/mol. The normalized spacial score (nSPS) is 11.6. The van der Waals surface area contributed by atoms with Gasteiger partial charge in [0.25, 0.3) is 0 Å². The lowest BCUT2D eigenvalue weighted by Crippen LogP contribution is -1.98. The van der Waals surface area contributed by atoms with Crippen LogP contribution in [0.15, 0.2) is 42.0 Å². The fraction of sp³-hybridized carbons (Fsp3) is 0.0714. The van der Waals surface area contributed by atoms with Crippen LogP contribution < -0.4 is 5.73 Å². The number of H-pyrrole nitrogens is 1. The van der Waals surface area contributed by atoms with Crippen LogP contribution in [0.25, 0.3) is 27.1 Å². The standard InChI is InChI=1S/C14H12N4S/c15-5-9-8-19-14-17-13(7-18(9)14)11-6-16-12-4-2-1-3-10(11)12/h1-4,6-8,16H,5,15H2. The molecule has 0 unspecified atom stereocenters. The average molecular weight is 268 g/mol. The predicted molar refractivity (Wildman–Crippen MR) is 78.3 cm³/mol. The first kappa shape index (κ1) is 10.8. The number of fused-ring (bicyclic) bond motifs is 2. The van der Waals surface area contributed by atoms with Crippen molar-refractivity contribution in [1.82, 2.24) is 14.4 Å². The third kappa shape index (κ3) is 1.52. The Kier molecular flexibility index (Phi) is 2.24. The lowest BCUT2D eigenvalue weighted by atomic mass is 10.1. The molecule has 4 aromatic rings. The van der Waals surface area contributed by atoms with Gasteiger partial charge in [-0.15, -0.1) is 11.3 Å². The van der Waals surface area contributed by atoms with Gasteiger partial charge in [-0.2, -0.15) is 0 Å². The molecule has 3 aromatic heterocycles. The summed E-state index contributed by atoms with van der Waals surface area (Å²) in [5, 5.41) is 3.25. The van der Waals surface area contributed by atoms with Crippen LogP contribution >= 0.6 is 11.3 Å². The van der Waals surface area contributed by atoms with E-state index in [4.69, 9.17) is 5.73 Å². The number of hydrogen-bond donors (Lipinski definition) is 2. The quantitative estimate of drug-likeness (QED) is 0.587. The second-order valence-electron chi connectivity index (χ2n) is 4.46. The van der Waals surface area contributed by atoms with Crippen LogP contribution in [0.3, 0.4) is 0 Å². The average Bonchev–Trinajstić information content (AvgIpc) is 3.10. The van der Waals surface area contributed by atoms with Crippen LogP contribution in [0.1, 0.15) is 5.69 Å². The van der Waals surface area contributed by atoms with Gasteiger partial charge in [0.2, 0.25) is 0 Å². The van der Waals surface area contributed by atoms with E-state index in [1.54, 1.807) is 11.3 Å². The molecule has 0 saturated carbocycles. The lowest BCUT2D eigenvalue weighted by Gasteiger charge is -1.94. The Morgan fingerprint density at radius 1 is 1.32 bits per heavy atom. The van der Waals surface area contributed by atoms with Gasteiger partial charge in [0, 0.05) is 46.5 Å². The fourth-order valence-electron chi connectivity index (χ4n) is 2.39. The molecule has 0 radical (unpaired) electrons. The maximum Gasteiger partial charge on any atom is 0.194 e. The molecule has 4 nitrogen and oxygen atoms in total. The van der Waals surface area contributed by atoms with Crippen molar-refractivity contribution in [1.29, 1.82) is 0 Å². The number of para-hydroxylation sites is 1. The van der Waals surface area contributed by atoms with Crippen LogP contribution in [-0.4, -0.2) is 14.4 Å². The number of nitrogens with one attached hydrogen (secondary N) is 1. The molecule has 0 spiro atoms. The Morgan fingerprint density at radius 2 is 2.21 bits per heavy atom. The first-order chi connectivity index (χ1) is 9.36. The van der Waals surface area contributed by atoms with Crippen molar-refractivity contribution in [3.8, 4) is 11.3 Å². The minimum Gasteiger partial charge on any atom is -0.360 e. The minimum atomic E-state index is 0.531. The van der Waals surface area contributed by atoms with Gasteiger partial charge >= 0.3 is 0 Å². The van der Waals surface area contributed by atoms with E-state index >= 15 is 0 Å². The number of imidazole rings is 1. The van der Waals surface area contributed by atoms with Gasteiger partial charge in [0.15, 0.2) is 4.96 Å². The number of aromatic nitrogens is 3. The van der Waals surface area contributed by atoms with E-state index in [2.05, 4.69) is 38.1 Å². The maximum absolute atomic E-state index is 5.73. The smallest absolute Gasteiger partial charge is 0.194 e. The van der Waals surface area contributed by atoms with E-state index in [1.165, 1.54) is 5.39 Å². The highest BCUT2D eigenvalue weighted by Crippen LogP contribution is 2.29. The SMILES string of the molecule is NCc1csc2nc(-c3c[nH]c4ccccc34)cn12. The van der Waals surface area contributed by atoms with Gasteiger partial charge in [-0.25, -0.2) is 4.98 Å². The molecule has 0 aliphatic heterocycles. The topological polar surface area (TPSA) is 59.1 Å². The van der Waals surface area contributed by atoms with Gasteiger partial charge in [-0.3, -0.25) is 4.40 Å². The maximum atomic E-state index is 5.73. The van der Waals surface area contributed by atoms with Crippen molar-refractivity contribution in [2.45, 2.75) is 6.54 Å². The highest BCUT2D eigenvalue weighted by molar-refractivity contribution is 7.15. The molecule has 0 aliphatic rings. The summed E-state index contributed by atoms with van der Waals surface area (Å²) in [5.74, 6) is 0. The summed E-state index contributed by atoms with van der Waals surface area (Å²) in [7, 11) is 0. The van der Waals surface area contributed by atoms with E-state index in [1.807, 2.05) is 18.3 Å². The summed E-state index contributed by atoms with van der Waals surface area (Å²) in [6.45, 7) is 0.531. The van der Waals surface area contributed by atoms with Gasteiger partial charge in [0.05, 0.1) is 5.69 Å². The third-order valence-corrected chi connectivity index (χ3v) is 4.25. The molecule has 0 saturated heterocycles. The number of aromatic amines is 1. The summed E-state index contributed by atoms with van der Waals surface area (Å²) in [6.07, 6.45) is 4.07. The molecular weight excluding hydrogens is 256 g/mol. The zero-order valence-electron chi connectivity index (χ0n) is 10.1. The number of rotatable bonds is 2. The van der Waals surface area contributed by atoms with Gasteiger partial charge in [0.1, 0.15) is 0 Å². The minimum absolute atomic E-state index is 0.531. The number of benzene rings is 1. The Hall–Kier alpha value is -2.11. The van der Waals surface area contributed by atoms with Crippen LogP contribution in [0, 0.1) is 0 Å². The molecule has 3 N–H and O–H groups in total. The lowest BCUT2D eigenvalue weighted by molar-refractivity contribution is 0.966. The van der Waals surface area contributed by atoms with Crippen molar-refractivity contribution < 1.29 is 0 Å². The summed E-state index contributed by atoms with van der Waals surface area (Å²) in [5.41, 5.74) is 10.1. The number of hydrogen-bond acceptors (Lipinski definition) is 3. The van der Waals surface area contributed by atoms with Crippen molar-refractivity contribution in [2.75, 3.05) is 0 Å². The molecule has 0 fully saturated rings. The Bertz CT molecular complexity index is 868. The molecular formula is C14H12N4S. The Labute approximate surface area is 113 Å². The largest absolute Gasteiger partial charge is 0.360 e. The van der Waals surface area contributed by atoms with E-state index in [9.17, 15) is 0 Å². The summed E-state index contributed by atoms with van der Waals surface area (Å²) in [6, 6.07) is 8.26. The van der Waals surface area contributed by atoms with Gasteiger partial charge in [-0.1, -0.05) is 18.2 Å². The van der Waals surface area contributed by atoms with E-state index in [0.717, 1.165) is 27.4 Å². The first-order valence-electron chi connectivity index (χ1n) is 6.09. The van der Waals surface area contributed by atoms with Crippen molar-refractivity contribution in [2.24, 2.45) is 5.73 Å². The zero-order chi connectivity index (χ0) is 12.8. The van der Waals surface area contributed by atoms with Crippen LogP contribution in [0.4, 0.5) is 0 Å². The van der Waals surface area contributed by atoms with Gasteiger partial charge < -0.3 is 10.7 Å². The van der Waals surface area contributed by atoms with Crippen molar-refractivity contribution in [3.63, 3.8) is 0 Å². The summed E-state index contributed by atoms with van der Waals surface area (Å²) in [4.78, 5) is 8.95. The second-order valence-corrected chi connectivity index (χ2v) is 5.29. The Morgan fingerprint density at radius 3 is 3.11 bits per heavy atom. The molecule has 5 heteroatoms. The summed E-state index contributed by atoms with van der Waals surface area (Å²) >= 11 is 1.62. The first-order valence-corrected chi connectivity index (χ1v) is 6.97. The second kappa shape index (κ2) is 3.94. The molecule has 19 heavy (non-hydrogen) atoms. The molecule has 0 amide bonds. The highest BCUT2D eigenvalue weighted by atomic mass is 32.1. The molecule has 94 valence electrons. The molecule has 1 aromatic carbocycles. The molecule has 4 rings (SSSR count). The van der Waals surface area contributed by atoms with Crippen LogP contribution in [0.2, 0.25) is 0 Å². The molecule has 0 bridgehead atoms. The Balaban J connectivity index is 1.96. The van der Waals surface area contributed by atoms with Crippen molar-refractivity contribution in [3.05, 3.63) is 47.7 Å². The number of nitrogens with two attached hydrogens (primary N) is 1. The third-order valence-electron chi connectivity index (χ3n) is 3.36. The predicted octanol–water partition coefficient (Wildman–Crippen LogP) is 3.00. The molecule has 0 atom stereocenters. The number of nitrogens with zero attached hydrogens (tertiary/aromatic N) is 2. The highest BCUT2D eigenvalue weighted by Gasteiger charge is 2.11. The molecule has 0 aliphatic carbocycles. The van der Waals surface area contributed by atoms with E-state index in [-0.39, 0.29) is 0 Å². The number of thiazole rings is 1. The van der Waals surface area contributed by atoms with E-state index < -0.39 is 0 Å².